The van der Waals surface area contributed by atoms with E-state index in [1.165, 1.54) is 29.5 Å². The molecule has 0 bridgehead atoms. The fraction of sp³-hybridized carbons (Fsp3) is 0.250. The summed E-state index contributed by atoms with van der Waals surface area (Å²) in [6.07, 6.45) is 1.22. The van der Waals surface area contributed by atoms with E-state index in [1.54, 1.807) is 43.5 Å². The first-order chi connectivity index (χ1) is 21.2. The van der Waals surface area contributed by atoms with Crippen molar-refractivity contribution in [2.75, 3.05) is 6.61 Å². The van der Waals surface area contributed by atoms with Gasteiger partial charge in [0.15, 0.2) is 23.0 Å². The number of aliphatic hydroxyl groups excluding tert-OH is 1. The fourth-order valence-corrected chi connectivity index (χ4v) is 4.71. The second-order valence-corrected chi connectivity index (χ2v) is 11.3. The molecule has 0 unspecified atom stereocenters. The van der Waals surface area contributed by atoms with Crippen LogP contribution in [0.1, 0.15) is 47.5 Å². The average molecular weight is 651 g/mol. The van der Waals surface area contributed by atoms with Crippen LogP contribution in [0.4, 0.5) is 17.6 Å². The Bertz CT molecular complexity index is 1900. The highest BCUT2D eigenvalue weighted by atomic mass is 32.2. The van der Waals surface area contributed by atoms with Gasteiger partial charge in [-0.15, -0.1) is 10.2 Å². The van der Waals surface area contributed by atoms with Gasteiger partial charge in [0.1, 0.15) is 23.9 Å². The topological polar surface area (TPSA) is 162 Å². The zero-order chi connectivity index (χ0) is 32.9. The molecule has 238 valence electrons. The van der Waals surface area contributed by atoms with Crippen LogP contribution in [0.25, 0.3) is 5.65 Å². The smallest absolute Gasteiger partial charge is 0.350 e. The van der Waals surface area contributed by atoms with Gasteiger partial charge in [-0.1, -0.05) is 29.1 Å². The van der Waals surface area contributed by atoms with Crippen LogP contribution in [0, 0.1) is 18.6 Å². The van der Waals surface area contributed by atoms with Crippen molar-refractivity contribution in [3.8, 4) is 5.75 Å². The van der Waals surface area contributed by atoms with Crippen LogP contribution >= 0.6 is 0 Å². The summed E-state index contributed by atoms with van der Waals surface area (Å²) in [7, 11) is -4.00. The first-order valence-corrected chi connectivity index (χ1v) is 14.5. The van der Waals surface area contributed by atoms with E-state index in [4.69, 9.17) is 9.29 Å². The maximum atomic E-state index is 14.0. The number of hydrogen-bond acceptors (Lipinski definition) is 9. The Morgan fingerprint density at radius 2 is 1.71 bits per heavy atom. The second kappa shape index (κ2) is 13.5. The van der Waals surface area contributed by atoms with Gasteiger partial charge in [-0.2, -0.15) is 17.2 Å². The normalized spacial score (nSPS) is 12.9. The van der Waals surface area contributed by atoms with E-state index in [-0.39, 0.29) is 44.6 Å². The highest BCUT2D eigenvalue weighted by Gasteiger charge is 2.36. The molecule has 5 rings (SSSR count). The lowest BCUT2D eigenvalue weighted by Gasteiger charge is -2.22. The van der Waals surface area contributed by atoms with Crippen molar-refractivity contribution in [2.45, 2.75) is 43.7 Å². The van der Waals surface area contributed by atoms with Gasteiger partial charge in [0.25, 0.3) is 10.1 Å². The van der Waals surface area contributed by atoms with Crippen LogP contribution in [-0.2, 0) is 22.1 Å². The van der Waals surface area contributed by atoms with Gasteiger partial charge >= 0.3 is 6.55 Å². The molecule has 2 aromatic carbocycles. The number of aromatic nitrogens is 6. The number of halogens is 4. The van der Waals surface area contributed by atoms with Crippen LogP contribution in [0.5, 0.6) is 5.75 Å². The maximum absolute atomic E-state index is 14.0. The van der Waals surface area contributed by atoms with E-state index in [0.717, 1.165) is 12.1 Å². The largest absolute Gasteiger partial charge is 0.485 e. The molecule has 0 aliphatic carbocycles. The van der Waals surface area contributed by atoms with Crippen LogP contribution in [0.15, 0.2) is 71.8 Å². The Morgan fingerprint density at radius 1 is 1.04 bits per heavy atom. The molecule has 0 aliphatic heterocycles. The lowest BCUT2D eigenvalue weighted by atomic mass is 9.84. The average Bonchev–Trinajstić information content (AvgIpc) is 3.63. The van der Waals surface area contributed by atoms with Gasteiger partial charge < -0.3 is 9.84 Å². The molecule has 12 nitrogen and oxygen atoms in total. The van der Waals surface area contributed by atoms with E-state index in [9.17, 15) is 35.9 Å². The highest BCUT2D eigenvalue weighted by molar-refractivity contribution is 7.85. The Labute approximate surface area is 253 Å². The van der Waals surface area contributed by atoms with E-state index < -0.39 is 52.7 Å². The molecular formula is C28H26F4N6O6S. The standard InChI is InChI=1S/C22H20F4N6O3.C6H6O3S/c1-12-18(16(34)9-22(2,11-33)20-28-30-32(29-20)21(25)26)31-8-4-7-17(19(31)27-12)35-10-13-14(23)5-3-6-15(13)24;7-10(8,9)6-4-2-1-3-5-6/h3-8,21,33H,9-11H2,1-2H3;1-5H,(H,7,8,9)/t22-;/m0./s1. The number of carbonyl (C=O) groups excluding carboxylic acids is 1. The number of imidazole rings is 1. The number of aryl methyl sites for hydroxylation is 1. The predicted molar refractivity (Wildman–Crippen MR) is 149 cm³/mol. The molecule has 0 aliphatic rings. The van der Waals surface area contributed by atoms with E-state index >= 15 is 0 Å². The van der Waals surface area contributed by atoms with E-state index in [0.29, 0.717) is 5.69 Å². The molecule has 45 heavy (non-hydrogen) atoms. The number of fused-ring (bicyclic) bond motifs is 1. The number of alkyl halides is 2. The summed E-state index contributed by atoms with van der Waals surface area (Å²) in [5.41, 5.74) is -0.928. The number of carbonyl (C=O) groups is 1. The van der Waals surface area contributed by atoms with Gasteiger partial charge in [0.05, 0.1) is 28.2 Å². The summed E-state index contributed by atoms with van der Waals surface area (Å²) in [4.78, 5) is 17.7. The van der Waals surface area contributed by atoms with Crippen molar-refractivity contribution >= 4 is 21.5 Å². The van der Waals surface area contributed by atoms with Gasteiger partial charge in [0, 0.05) is 12.6 Å². The molecule has 0 spiro atoms. The van der Waals surface area contributed by atoms with Gasteiger partial charge in [-0.25, -0.2) is 13.8 Å². The molecule has 1 atom stereocenters. The Kier molecular flexibility index (Phi) is 9.94. The van der Waals surface area contributed by atoms with Crippen molar-refractivity contribution in [1.29, 1.82) is 0 Å². The van der Waals surface area contributed by atoms with Crippen LogP contribution < -0.4 is 4.74 Å². The molecule has 0 saturated carbocycles. The molecule has 0 fully saturated rings. The van der Waals surface area contributed by atoms with Crippen molar-refractivity contribution < 1.29 is 45.2 Å². The van der Waals surface area contributed by atoms with E-state index in [1.807, 2.05) is 0 Å². The predicted octanol–water partition coefficient (Wildman–Crippen LogP) is 4.34. The van der Waals surface area contributed by atoms with Crippen molar-refractivity contribution in [2.24, 2.45) is 0 Å². The van der Waals surface area contributed by atoms with Crippen molar-refractivity contribution in [1.82, 2.24) is 29.6 Å². The maximum Gasteiger partial charge on any atom is 0.350 e. The highest BCUT2D eigenvalue weighted by Crippen LogP contribution is 2.29. The monoisotopic (exact) mass is 650 g/mol. The van der Waals surface area contributed by atoms with Crippen LogP contribution in [0.3, 0.4) is 0 Å². The number of rotatable bonds is 10. The molecule has 3 heterocycles. The number of Topliss-reactive ketones (excluding diaryl/α,β-unsaturated/α-hetero) is 1. The van der Waals surface area contributed by atoms with Gasteiger partial charge in [-0.05, 0) is 55.5 Å². The molecule has 2 N–H and O–H groups in total. The van der Waals surface area contributed by atoms with Crippen LogP contribution in [0.2, 0.25) is 0 Å². The molecule has 0 amide bonds. The third-order valence-electron chi connectivity index (χ3n) is 6.57. The Balaban J connectivity index is 0.000000392. The first-order valence-electron chi connectivity index (χ1n) is 13.0. The minimum absolute atomic E-state index is 0.0741. The number of benzene rings is 2. The molecule has 17 heteroatoms. The molecular weight excluding hydrogens is 624 g/mol. The second-order valence-electron chi connectivity index (χ2n) is 9.92. The molecule has 3 aromatic heterocycles. The number of ketones is 1. The summed E-state index contributed by atoms with van der Waals surface area (Å²) in [5, 5.41) is 20.3. The fourth-order valence-electron chi connectivity index (χ4n) is 4.21. The lowest BCUT2D eigenvalue weighted by Crippen LogP contribution is -2.32. The minimum atomic E-state index is -4.00. The summed E-state index contributed by atoms with van der Waals surface area (Å²) in [5.74, 6) is -2.02. The molecule has 5 aromatic rings. The quantitative estimate of drug-likeness (QED) is 0.126. The number of hydrogen-bond donors (Lipinski definition) is 2. The first kappa shape index (κ1) is 33.2. The van der Waals surface area contributed by atoms with Crippen molar-refractivity contribution in [3.63, 3.8) is 0 Å². The minimum Gasteiger partial charge on any atom is -0.485 e. The Morgan fingerprint density at radius 3 is 2.27 bits per heavy atom. The van der Waals surface area contributed by atoms with Gasteiger partial charge in [-0.3, -0.25) is 13.7 Å². The lowest BCUT2D eigenvalue weighted by molar-refractivity contribution is 0.0388. The SMILES string of the molecule is Cc1nc2c(OCc3c(F)cccc3F)cccn2c1C(=O)C[C@@](C)(CO)c1nnn(C(F)F)n1.O=S(=O)(O)c1ccccc1. The number of ether oxygens (including phenoxy) is 1. The zero-order valence-electron chi connectivity index (χ0n) is 23.7. The summed E-state index contributed by atoms with van der Waals surface area (Å²) in [6, 6.07) is 14.0. The summed E-state index contributed by atoms with van der Waals surface area (Å²) >= 11 is 0. The number of aliphatic hydroxyl groups is 1. The zero-order valence-corrected chi connectivity index (χ0v) is 24.5. The Hall–Kier alpha value is -4.74. The van der Waals surface area contributed by atoms with Crippen molar-refractivity contribution in [3.05, 3.63) is 101 Å². The van der Waals surface area contributed by atoms with Gasteiger partial charge in [0.2, 0.25) is 0 Å². The summed E-state index contributed by atoms with van der Waals surface area (Å²) < 4.78 is 89.9. The molecule has 0 radical (unpaired) electrons. The number of pyridine rings is 1. The van der Waals surface area contributed by atoms with Crippen LogP contribution in [-0.4, -0.2) is 60.1 Å². The third-order valence-corrected chi connectivity index (χ3v) is 7.44. The summed E-state index contributed by atoms with van der Waals surface area (Å²) in [6.45, 7) is -0.990. The number of tetrazole rings is 1. The molecule has 0 saturated heterocycles. The van der Waals surface area contributed by atoms with E-state index in [2.05, 4.69) is 20.4 Å². The third kappa shape index (κ3) is 7.50. The number of nitrogens with zero attached hydrogens (tertiary/aromatic N) is 6.